The number of aryl methyl sites for hydroxylation is 1. The van der Waals surface area contributed by atoms with Crippen LogP contribution in [0.5, 0.6) is 5.75 Å². The Kier molecular flexibility index (Phi) is 6.66. The minimum atomic E-state index is -0.974. The fraction of sp³-hybridized carbons (Fsp3) is 0.444. The topological polar surface area (TPSA) is 104 Å². The summed E-state index contributed by atoms with van der Waals surface area (Å²) in [6, 6.07) is 10.4. The lowest BCUT2D eigenvalue weighted by molar-refractivity contribution is -0.118. The summed E-state index contributed by atoms with van der Waals surface area (Å²) < 4.78 is 22.3. The van der Waals surface area contributed by atoms with Gasteiger partial charge >= 0.3 is 0 Å². The van der Waals surface area contributed by atoms with Crippen molar-refractivity contribution in [2.24, 2.45) is 0 Å². The third kappa shape index (κ3) is 4.78. The van der Waals surface area contributed by atoms with Crippen molar-refractivity contribution in [3.63, 3.8) is 0 Å². The summed E-state index contributed by atoms with van der Waals surface area (Å²) in [5.41, 5.74) is 2.13. The average Bonchev–Trinajstić information content (AvgIpc) is 3.54. The summed E-state index contributed by atoms with van der Waals surface area (Å²) in [7, 11) is 0. The molecule has 7 nitrogen and oxygen atoms in total. The number of nitrogens with zero attached hydrogens (tertiary/aromatic N) is 1. The normalized spacial score (nSPS) is 15.8. The molecule has 1 heterocycles. The summed E-state index contributed by atoms with van der Waals surface area (Å²) in [5, 5.41) is 32.0. The predicted octanol–water partition coefficient (Wildman–Crippen LogP) is 3.74. The highest BCUT2D eigenvalue weighted by molar-refractivity contribution is 6.02. The van der Waals surface area contributed by atoms with Gasteiger partial charge < -0.3 is 29.9 Å². The third-order valence-electron chi connectivity index (χ3n) is 6.76. The van der Waals surface area contributed by atoms with Crippen molar-refractivity contribution in [1.29, 1.82) is 0 Å². The quantitative estimate of drug-likeness (QED) is 0.365. The molecule has 35 heavy (non-hydrogen) atoms. The van der Waals surface area contributed by atoms with Crippen LogP contribution in [-0.4, -0.2) is 45.3 Å². The number of hydrogen-bond acceptors (Lipinski definition) is 5. The van der Waals surface area contributed by atoms with Crippen molar-refractivity contribution in [1.82, 2.24) is 4.57 Å². The Morgan fingerprint density at radius 2 is 1.91 bits per heavy atom. The van der Waals surface area contributed by atoms with Gasteiger partial charge in [0, 0.05) is 22.6 Å². The highest BCUT2D eigenvalue weighted by Crippen LogP contribution is 2.50. The van der Waals surface area contributed by atoms with Crippen molar-refractivity contribution < 1.29 is 29.2 Å². The first kappa shape index (κ1) is 25.2. The van der Waals surface area contributed by atoms with Gasteiger partial charge in [-0.15, -0.1) is 0 Å². The van der Waals surface area contributed by atoms with E-state index in [1.54, 1.807) is 12.1 Å². The predicted molar refractivity (Wildman–Crippen MR) is 132 cm³/mol. The maximum Gasteiger partial charge on any atom is 0.235 e. The fourth-order valence-electron chi connectivity index (χ4n) is 4.60. The molecular weight excluding hydrogens is 451 g/mol. The molecule has 2 aromatic carbocycles. The fourth-order valence-corrected chi connectivity index (χ4v) is 4.60. The van der Waals surface area contributed by atoms with E-state index in [0.717, 1.165) is 22.2 Å². The van der Waals surface area contributed by atoms with Crippen LogP contribution in [0.15, 0.2) is 36.4 Å². The molecule has 0 aliphatic heterocycles. The molecule has 1 amide bonds. The maximum atomic E-state index is 15.2. The number of fused-ring (bicyclic) bond motifs is 1. The molecule has 0 bridgehead atoms. The van der Waals surface area contributed by atoms with Crippen molar-refractivity contribution in [3.8, 4) is 5.75 Å². The van der Waals surface area contributed by atoms with Crippen molar-refractivity contribution in [2.75, 3.05) is 18.7 Å². The van der Waals surface area contributed by atoms with E-state index in [0.29, 0.717) is 24.1 Å². The van der Waals surface area contributed by atoms with Crippen LogP contribution in [0.3, 0.4) is 0 Å². The van der Waals surface area contributed by atoms with E-state index in [9.17, 15) is 15.0 Å². The number of carbonyl (C=O) groups is 1. The molecule has 4 N–H and O–H groups in total. The molecule has 0 radical (unpaired) electrons. The van der Waals surface area contributed by atoms with Crippen LogP contribution < -0.4 is 10.1 Å². The van der Waals surface area contributed by atoms with Crippen molar-refractivity contribution in [2.45, 2.75) is 64.0 Å². The lowest BCUT2D eigenvalue weighted by Crippen LogP contribution is -2.28. The molecule has 1 fully saturated rings. The van der Waals surface area contributed by atoms with E-state index in [-0.39, 0.29) is 23.6 Å². The van der Waals surface area contributed by atoms with Crippen LogP contribution in [0.4, 0.5) is 10.1 Å². The van der Waals surface area contributed by atoms with E-state index in [1.165, 1.54) is 6.07 Å². The van der Waals surface area contributed by atoms with Gasteiger partial charge in [-0.3, -0.25) is 4.79 Å². The Bertz CT molecular complexity index is 1260. The van der Waals surface area contributed by atoms with E-state index in [4.69, 9.17) is 9.84 Å². The molecular formula is C27H33FN2O5. The second-order valence-electron chi connectivity index (χ2n) is 10.4. The molecule has 0 spiro atoms. The largest absolute Gasteiger partial charge is 0.467 e. The Labute approximate surface area is 204 Å². The molecule has 1 saturated carbocycles. The molecule has 0 saturated heterocycles. The average molecular weight is 485 g/mol. The Balaban J connectivity index is 1.68. The minimum Gasteiger partial charge on any atom is -0.467 e. The first-order chi connectivity index (χ1) is 16.5. The van der Waals surface area contributed by atoms with E-state index < -0.39 is 30.7 Å². The van der Waals surface area contributed by atoms with Gasteiger partial charge in [-0.05, 0) is 49.1 Å². The van der Waals surface area contributed by atoms with Crippen LogP contribution in [0.1, 0.15) is 50.4 Å². The summed E-state index contributed by atoms with van der Waals surface area (Å²) in [5.74, 6) is -0.355. The van der Waals surface area contributed by atoms with Gasteiger partial charge in [-0.25, -0.2) is 4.39 Å². The molecule has 3 aromatic rings. The van der Waals surface area contributed by atoms with Crippen molar-refractivity contribution >= 4 is 22.5 Å². The van der Waals surface area contributed by atoms with Gasteiger partial charge in [0.15, 0.2) is 6.79 Å². The number of halogens is 1. The standard InChI is InChI=1S/C27H33FN2O5/c1-16-5-6-18(11-23(16)35-15-32)27(7-8-27)25(34)29-21-9-17-10-24(26(2,3)4)30(13-19(33)14-31)22(17)12-20(21)28/h5-6,9-12,19,31-33H,7-8,13-15H2,1-4H3,(H,29,34). The van der Waals surface area contributed by atoms with Gasteiger partial charge in [0.1, 0.15) is 11.6 Å². The smallest absolute Gasteiger partial charge is 0.235 e. The molecule has 1 aliphatic carbocycles. The first-order valence-corrected chi connectivity index (χ1v) is 11.8. The number of benzene rings is 2. The Morgan fingerprint density at radius 1 is 1.20 bits per heavy atom. The number of aliphatic hydroxyl groups excluding tert-OH is 3. The van der Waals surface area contributed by atoms with E-state index in [2.05, 4.69) is 5.32 Å². The summed E-state index contributed by atoms with van der Waals surface area (Å²) >= 11 is 0. The highest BCUT2D eigenvalue weighted by atomic mass is 19.1. The van der Waals surface area contributed by atoms with E-state index >= 15 is 4.39 Å². The monoisotopic (exact) mass is 484 g/mol. The highest BCUT2D eigenvalue weighted by Gasteiger charge is 2.51. The summed E-state index contributed by atoms with van der Waals surface area (Å²) in [4.78, 5) is 13.3. The molecule has 1 atom stereocenters. The van der Waals surface area contributed by atoms with Crippen molar-refractivity contribution in [3.05, 3.63) is 59.0 Å². The van der Waals surface area contributed by atoms with Crippen LogP contribution in [-0.2, 0) is 22.2 Å². The zero-order valence-corrected chi connectivity index (χ0v) is 20.6. The molecule has 1 unspecified atom stereocenters. The van der Waals surface area contributed by atoms with Crippen LogP contribution in [0.2, 0.25) is 0 Å². The maximum absolute atomic E-state index is 15.2. The van der Waals surface area contributed by atoms with E-state index in [1.807, 2.05) is 50.5 Å². The number of aromatic nitrogens is 1. The molecule has 1 aromatic heterocycles. The number of aliphatic hydroxyl groups is 3. The van der Waals surface area contributed by atoms with Gasteiger partial charge in [0.25, 0.3) is 0 Å². The zero-order valence-electron chi connectivity index (χ0n) is 20.6. The second kappa shape index (κ2) is 9.26. The van der Waals surface area contributed by atoms with Crippen LogP contribution >= 0.6 is 0 Å². The molecule has 8 heteroatoms. The molecule has 1 aliphatic rings. The van der Waals surface area contributed by atoms with Gasteiger partial charge in [0.05, 0.1) is 35.9 Å². The Hall–Kier alpha value is -2.94. The molecule has 4 rings (SSSR count). The molecule has 188 valence electrons. The minimum absolute atomic E-state index is 0.0908. The lowest BCUT2D eigenvalue weighted by Gasteiger charge is -2.23. The summed E-state index contributed by atoms with van der Waals surface area (Å²) in [6.45, 7) is 7.20. The van der Waals surface area contributed by atoms with Gasteiger partial charge in [-0.1, -0.05) is 32.9 Å². The number of hydrogen-bond donors (Lipinski definition) is 4. The SMILES string of the molecule is Cc1ccc(C2(C(=O)Nc3cc4cc(C(C)(C)C)n(CC(O)CO)c4cc3F)CC2)cc1OCO. The Morgan fingerprint density at radius 3 is 2.51 bits per heavy atom. The number of anilines is 1. The first-order valence-electron chi connectivity index (χ1n) is 11.8. The van der Waals surface area contributed by atoms with Gasteiger partial charge in [-0.2, -0.15) is 0 Å². The van der Waals surface area contributed by atoms with Gasteiger partial charge in [0.2, 0.25) is 5.91 Å². The zero-order chi connectivity index (χ0) is 25.5. The number of nitrogens with one attached hydrogen (secondary N) is 1. The third-order valence-corrected chi connectivity index (χ3v) is 6.76. The number of carbonyl (C=O) groups excluding carboxylic acids is 1. The number of rotatable bonds is 8. The lowest BCUT2D eigenvalue weighted by atomic mass is 9.92. The number of amides is 1. The second-order valence-corrected chi connectivity index (χ2v) is 10.4. The van der Waals surface area contributed by atoms with Crippen LogP contribution in [0, 0.1) is 12.7 Å². The summed E-state index contributed by atoms with van der Waals surface area (Å²) in [6.07, 6.45) is 0.292. The number of ether oxygens (including phenoxy) is 1. The van der Waals surface area contributed by atoms with Crippen LogP contribution in [0.25, 0.3) is 10.9 Å².